The lowest BCUT2D eigenvalue weighted by Gasteiger charge is -2.32. The van der Waals surface area contributed by atoms with Gasteiger partial charge in [0.1, 0.15) is 0 Å². The van der Waals surface area contributed by atoms with Crippen LogP contribution in [0.15, 0.2) is 98.1 Å². The van der Waals surface area contributed by atoms with Gasteiger partial charge in [-0.25, -0.2) is 15.0 Å². The molecule has 0 atom stereocenters. The van der Waals surface area contributed by atoms with Gasteiger partial charge in [0, 0.05) is 66.3 Å². The Labute approximate surface area is 292 Å². The first kappa shape index (κ1) is 34.8. The Morgan fingerprint density at radius 1 is 0.438 bits per heavy atom. The molecule has 7 heterocycles. The number of pyridine rings is 4. The second kappa shape index (κ2) is 15.6. The molecule has 1 aliphatic heterocycles. The Bertz CT molecular complexity index is 1730. The van der Waals surface area contributed by atoms with E-state index in [0.717, 1.165) is 22.2 Å². The lowest BCUT2D eigenvalue weighted by atomic mass is 9.80. The smallest absolute Gasteiger partial charge is 0.399 e. The number of hydrogen-bond donors (Lipinski definition) is 0. The Morgan fingerprint density at radius 2 is 0.708 bits per heavy atom. The van der Waals surface area contributed by atoms with Gasteiger partial charge in [0.2, 0.25) is 15.9 Å². The standard InChI is InChI=1S/C18H12N6.C11H16BNO2.C3Cl3N3/c1-7-19-8-2-13(1)16-22-17(14-3-9-20-10-4-14)24-18(23-16)15-5-11-21-12-6-15;1-10(2)11(3,4)15-12(14-10)9-5-7-13-8-6-9;4-1-7-2(5)9-3(6)8-1/h1-12H;5-8H,1-4H3;. The topological polar surface area (TPSA) is 147 Å². The quantitative estimate of drug-likeness (QED) is 0.191. The van der Waals surface area contributed by atoms with Gasteiger partial charge >= 0.3 is 7.12 Å². The third kappa shape index (κ3) is 9.09. The highest BCUT2D eigenvalue weighted by Crippen LogP contribution is 2.36. The third-order valence-electron chi connectivity index (χ3n) is 7.24. The van der Waals surface area contributed by atoms with E-state index in [1.54, 1.807) is 49.6 Å². The highest BCUT2D eigenvalue weighted by molar-refractivity contribution is 6.62. The van der Waals surface area contributed by atoms with Crippen LogP contribution in [-0.4, -0.2) is 68.2 Å². The number of aromatic nitrogens is 10. The summed E-state index contributed by atoms with van der Waals surface area (Å²) in [6.07, 6.45) is 13.8. The van der Waals surface area contributed by atoms with E-state index >= 15 is 0 Å². The van der Waals surface area contributed by atoms with Crippen molar-refractivity contribution in [1.29, 1.82) is 0 Å². The molecule has 12 nitrogen and oxygen atoms in total. The fraction of sp³-hybridized carbons (Fsp3) is 0.188. The van der Waals surface area contributed by atoms with Gasteiger partial charge in [0.25, 0.3) is 0 Å². The largest absolute Gasteiger partial charge is 0.494 e. The van der Waals surface area contributed by atoms with Gasteiger partial charge in [-0.1, -0.05) is 0 Å². The first-order valence-electron chi connectivity index (χ1n) is 14.5. The molecule has 6 aromatic rings. The molecule has 0 saturated carbocycles. The molecule has 1 fully saturated rings. The average Bonchev–Trinajstić information content (AvgIpc) is 3.32. The van der Waals surface area contributed by atoms with Gasteiger partial charge in [-0.05, 0) is 116 Å². The SMILES string of the molecule is CC1(C)OB(c2ccncc2)OC1(C)C.Clc1nc(Cl)nc(Cl)n1.c1cc(-c2nc(-c3ccncc3)nc(-c3ccncc3)n2)ccn1. The molecule has 16 heteroatoms. The van der Waals surface area contributed by atoms with Gasteiger partial charge in [-0.15, -0.1) is 0 Å². The van der Waals surface area contributed by atoms with E-state index < -0.39 is 0 Å². The van der Waals surface area contributed by atoms with Crippen molar-refractivity contribution >= 4 is 47.4 Å². The Hall–Kier alpha value is -4.53. The van der Waals surface area contributed by atoms with Crippen molar-refractivity contribution < 1.29 is 9.31 Å². The minimum atomic E-state index is -0.280. The van der Waals surface area contributed by atoms with Crippen molar-refractivity contribution in [2.24, 2.45) is 0 Å². The lowest BCUT2D eigenvalue weighted by molar-refractivity contribution is 0.00578. The summed E-state index contributed by atoms with van der Waals surface area (Å²) < 4.78 is 11.8. The molecule has 0 bridgehead atoms. The van der Waals surface area contributed by atoms with E-state index in [9.17, 15) is 0 Å². The molecule has 0 N–H and O–H groups in total. The van der Waals surface area contributed by atoms with E-state index in [2.05, 4.69) is 49.8 Å². The summed E-state index contributed by atoms with van der Waals surface area (Å²) >= 11 is 16.0. The summed E-state index contributed by atoms with van der Waals surface area (Å²) in [5.74, 6) is 1.81. The first-order chi connectivity index (χ1) is 23.0. The predicted octanol–water partition coefficient (Wildman–Crippen LogP) is 6.27. The van der Waals surface area contributed by atoms with Crippen LogP contribution in [-0.2, 0) is 9.31 Å². The summed E-state index contributed by atoms with van der Waals surface area (Å²) in [6.45, 7) is 8.20. The van der Waals surface area contributed by atoms with Crippen LogP contribution in [0, 0.1) is 0 Å². The fourth-order valence-electron chi connectivity index (χ4n) is 4.07. The van der Waals surface area contributed by atoms with Crippen LogP contribution in [0.3, 0.4) is 0 Å². The highest BCUT2D eigenvalue weighted by atomic mass is 35.5. The zero-order valence-electron chi connectivity index (χ0n) is 26.2. The molecular formula is C32H28BCl3N10O2. The van der Waals surface area contributed by atoms with Crippen molar-refractivity contribution in [2.45, 2.75) is 38.9 Å². The molecule has 1 saturated heterocycles. The maximum Gasteiger partial charge on any atom is 0.494 e. The summed E-state index contributed by atoms with van der Waals surface area (Å²) in [4.78, 5) is 40.3. The molecule has 0 radical (unpaired) electrons. The minimum Gasteiger partial charge on any atom is -0.399 e. The van der Waals surface area contributed by atoms with E-state index in [1.165, 1.54) is 0 Å². The van der Waals surface area contributed by atoms with Crippen molar-refractivity contribution in [3.05, 3.63) is 114 Å². The zero-order valence-corrected chi connectivity index (χ0v) is 28.5. The zero-order chi connectivity index (χ0) is 34.1. The Kier molecular flexibility index (Phi) is 11.3. The third-order valence-corrected chi connectivity index (χ3v) is 7.74. The van der Waals surface area contributed by atoms with Crippen LogP contribution < -0.4 is 5.46 Å². The maximum atomic E-state index is 5.90. The van der Waals surface area contributed by atoms with Crippen molar-refractivity contribution in [3.8, 4) is 34.2 Å². The minimum absolute atomic E-state index is 0.000000000000000444. The molecule has 48 heavy (non-hydrogen) atoms. The van der Waals surface area contributed by atoms with Crippen LogP contribution in [0.2, 0.25) is 15.9 Å². The number of hydrogen-bond acceptors (Lipinski definition) is 12. The molecule has 1 aliphatic rings. The van der Waals surface area contributed by atoms with E-state index in [-0.39, 0.29) is 34.2 Å². The van der Waals surface area contributed by atoms with Gasteiger partial charge in [0.05, 0.1) is 11.2 Å². The van der Waals surface area contributed by atoms with Gasteiger partial charge in [0.15, 0.2) is 17.5 Å². The van der Waals surface area contributed by atoms with E-state index in [4.69, 9.17) is 44.1 Å². The van der Waals surface area contributed by atoms with Crippen LogP contribution >= 0.6 is 34.8 Å². The lowest BCUT2D eigenvalue weighted by Crippen LogP contribution is -2.41. The molecular weight excluding hydrogens is 674 g/mol. The summed E-state index contributed by atoms with van der Waals surface area (Å²) in [5, 5.41) is 0.00000000000000178. The second-order valence-electron chi connectivity index (χ2n) is 11.0. The molecule has 0 aliphatic carbocycles. The fourth-order valence-corrected chi connectivity index (χ4v) is 4.68. The average molecular weight is 702 g/mol. The Balaban J connectivity index is 0.000000160. The number of rotatable bonds is 4. The summed E-state index contributed by atoms with van der Waals surface area (Å²) in [7, 11) is -0.280. The summed E-state index contributed by atoms with van der Waals surface area (Å²) in [6, 6.07) is 15.1. The van der Waals surface area contributed by atoms with Crippen molar-refractivity contribution in [2.75, 3.05) is 0 Å². The first-order valence-corrected chi connectivity index (χ1v) is 15.6. The predicted molar refractivity (Wildman–Crippen MR) is 184 cm³/mol. The molecule has 7 rings (SSSR count). The van der Waals surface area contributed by atoms with Crippen molar-refractivity contribution in [3.63, 3.8) is 0 Å². The molecule has 0 unspecified atom stereocenters. The molecule has 0 amide bonds. The van der Waals surface area contributed by atoms with Crippen LogP contribution in [0.1, 0.15) is 27.7 Å². The number of halogens is 3. The van der Waals surface area contributed by atoms with Gasteiger partial charge in [-0.2, -0.15) is 15.0 Å². The monoisotopic (exact) mass is 700 g/mol. The van der Waals surface area contributed by atoms with Gasteiger partial charge in [-0.3, -0.25) is 19.9 Å². The van der Waals surface area contributed by atoms with Crippen LogP contribution in [0.4, 0.5) is 0 Å². The Morgan fingerprint density at radius 3 is 1.00 bits per heavy atom. The van der Waals surface area contributed by atoms with Crippen LogP contribution in [0.5, 0.6) is 0 Å². The highest BCUT2D eigenvalue weighted by Gasteiger charge is 2.51. The number of nitrogens with zero attached hydrogens (tertiary/aromatic N) is 10. The maximum absolute atomic E-state index is 5.90. The molecule has 0 spiro atoms. The molecule has 0 aromatic carbocycles. The second-order valence-corrected chi connectivity index (χ2v) is 12.0. The van der Waals surface area contributed by atoms with Crippen LogP contribution in [0.25, 0.3) is 34.2 Å². The van der Waals surface area contributed by atoms with E-state index in [0.29, 0.717) is 17.5 Å². The molecule has 6 aromatic heterocycles. The normalized spacial score (nSPS) is 14.3. The molecule has 242 valence electrons. The van der Waals surface area contributed by atoms with Crippen molar-refractivity contribution in [1.82, 2.24) is 49.8 Å². The summed E-state index contributed by atoms with van der Waals surface area (Å²) in [5.41, 5.74) is 3.12. The van der Waals surface area contributed by atoms with E-state index in [1.807, 2.05) is 76.2 Å². The van der Waals surface area contributed by atoms with Gasteiger partial charge < -0.3 is 9.31 Å².